The molecule has 3 rings (SSSR count). The van der Waals surface area contributed by atoms with Crippen molar-refractivity contribution in [3.8, 4) is 0 Å². The van der Waals surface area contributed by atoms with Gasteiger partial charge in [0.15, 0.2) is 11.7 Å². The SMILES string of the molecule is O=C1C(F)=C(C2CN2)C(=O)C(F)=C1C1CN1. The van der Waals surface area contributed by atoms with Gasteiger partial charge in [-0.2, -0.15) is 0 Å². The molecule has 3 aliphatic rings. The van der Waals surface area contributed by atoms with Crippen molar-refractivity contribution in [2.45, 2.75) is 12.1 Å². The predicted octanol–water partition coefficient (Wildman–Crippen LogP) is -0.471. The van der Waals surface area contributed by atoms with Crippen molar-refractivity contribution < 1.29 is 18.4 Å². The van der Waals surface area contributed by atoms with Crippen molar-refractivity contribution in [1.29, 1.82) is 0 Å². The normalized spacial score (nSPS) is 33.6. The van der Waals surface area contributed by atoms with Gasteiger partial charge < -0.3 is 10.6 Å². The van der Waals surface area contributed by atoms with E-state index in [1.165, 1.54) is 0 Å². The Hall–Kier alpha value is -1.40. The fourth-order valence-electron chi connectivity index (χ4n) is 1.83. The number of nitrogens with one attached hydrogen (secondary N) is 2. The highest BCUT2D eigenvalue weighted by Crippen LogP contribution is 2.33. The summed E-state index contributed by atoms with van der Waals surface area (Å²) in [7, 11) is 0. The summed E-state index contributed by atoms with van der Waals surface area (Å²) in [5.74, 6) is -4.19. The van der Waals surface area contributed by atoms with Crippen LogP contribution < -0.4 is 10.6 Å². The van der Waals surface area contributed by atoms with E-state index in [2.05, 4.69) is 10.6 Å². The third kappa shape index (κ3) is 1.27. The Labute approximate surface area is 89.4 Å². The van der Waals surface area contributed by atoms with Gasteiger partial charge in [-0.1, -0.05) is 0 Å². The van der Waals surface area contributed by atoms with Crippen molar-refractivity contribution in [3.05, 3.63) is 22.8 Å². The summed E-state index contributed by atoms with van der Waals surface area (Å²) in [4.78, 5) is 23.1. The summed E-state index contributed by atoms with van der Waals surface area (Å²) >= 11 is 0. The molecule has 0 aromatic rings. The maximum Gasteiger partial charge on any atom is 0.222 e. The molecule has 84 valence electrons. The van der Waals surface area contributed by atoms with E-state index >= 15 is 0 Å². The number of rotatable bonds is 2. The lowest BCUT2D eigenvalue weighted by Gasteiger charge is -2.14. The molecule has 2 aliphatic heterocycles. The van der Waals surface area contributed by atoms with E-state index in [9.17, 15) is 18.4 Å². The number of carbonyl (C=O) groups excluding carboxylic acids is 2. The van der Waals surface area contributed by atoms with E-state index in [-0.39, 0.29) is 11.1 Å². The van der Waals surface area contributed by atoms with Crippen molar-refractivity contribution in [1.82, 2.24) is 10.6 Å². The molecular formula is C10H8F2N2O2. The Morgan fingerprint density at radius 2 is 1.19 bits per heavy atom. The minimum Gasteiger partial charge on any atom is -0.307 e. The average Bonchev–Trinajstić information content (AvgIpc) is 3.07. The molecule has 2 saturated heterocycles. The quantitative estimate of drug-likeness (QED) is 0.493. The van der Waals surface area contributed by atoms with Crippen LogP contribution in [0.25, 0.3) is 0 Å². The standard InChI is InChI=1S/C10H8F2N2O2/c11-7-5(3-1-13-3)9(15)8(12)6(10(7)16)4-2-14-4/h3-4,13-14H,1-2H2. The van der Waals surface area contributed by atoms with Crippen LogP contribution in [-0.4, -0.2) is 36.7 Å². The van der Waals surface area contributed by atoms with Crippen molar-refractivity contribution in [3.63, 3.8) is 0 Å². The lowest BCUT2D eigenvalue weighted by molar-refractivity contribution is -0.118. The van der Waals surface area contributed by atoms with Gasteiger partial charge in [0.05, 0.1) is 23.2 Å². The van der Waals surface area contributed by atoms with Crippen LogP contribution in [0.4, 0.5) is 8.78 Å². The molecule has 0 spiro atoms. The first-order chi connectivity index (χ1) is 7.61. The van der Waals surface area contributed by atoms with Gasteiger partial charge in [-0.3, -0.25) is 9.59 Å². The van der Waals surface area contributed by atoms with Gasteiger partial charge in [0.25, 0.3) is 0 Å². The second-order valence-corrected chi connectivity index (χ2v) is 4.04. The molecule has 0 aromatic carbocycles. The first kappa shape index (κ1) is 9.80. The van der Waals surface area contributed by atoms with Gasteiger partial charge in [0.2, 0.25) is 11.6 Å². The zero-order chi connectivity index (χ0) is 11.4. The van der Waals surface area contributed by atoms with E-state index in [0.29, 0.717) is 13.1 Å². The number of ketones is 2. The minimum atomic E-state index is -1.11. The Balaban J connectivity index is 2.06. The lowest BCUT2D eigenvalue weighted by Crippen LogP contribution is -2.27. The number of hydrogen-bond donors (Lipinski definition) is 2. The van der Waals surface area contributed by atoms with Crippen LogP contribution in [0.15, 0.2) is 22.8 Å². The van der Waals surface area contributed by atoms with Gasteiger partial charge in [-0.25, -0.2) is 8.78 Å². The topological polar surface area (TPSA) is 78.0 Å². The fraction of sp³-hybridized carbons (Fsp3) is 0.400. The summed E-state index contributed by atoms with van der Waals surface area (Å²) in [5.41, 5.74) is -0.709. The van der Waals surface area contributed by atoms with Crippen LogP contribution in [0.1, 0.15) is 0 Å². The molecular weight excluding hydrogens is 218 g/mol. The van der Waals surface area contributed by atoms with Crippen LogP contribution in [0.3, 0.4) is 0 Å². The molecule has 0 bridgehead atoms. The summed E-state index contributed by atoms with van der Waals surface area (Å²) in [5, 5.41) is 5.38. The minimum absolute atomic E-state index is 0.355. The van der Waals surface area contributed by atoms with E-state index in [0.717, 1.165) is 0 Å². The molecule has 6 heteroatoms. The monoisotopic (exact) mass is 226 g/mol. The highest BCUT2D eigenvalue weighted by molar-refractivity contribution is 6.24. The molecule has 2 unspecified atom stereocenters. The van der Waals surface area contributed by atoms with E-state index in [1.54, 1.807) is 0 Å². The molecule has 2 N–H and O–H groups in total. The second-order valence-electron chi connectivity index (χ2n) is 4.04. The number of Topliss-reactive ketones (excluding diaryl/α,β-unsaturated/α-hetero) is 2. The molecule has 2 heterocycles. The van der Waals surface area contributed by atoms with Crippen molar-refractivity contribution >= 4 is 11.6 Å². The molecule has 0 aromatic heterocycles. The van der Waals surface area contributed by atoms with Gasteiger partial charge in [0.1, 0.15) is 0 Å². The second kappa shape index (κ2) is 3.05. The maximum atomic E-state index is 13.6. The molecule has 0 amide bonds. The Morgan fingerprint density at radius 3 is 1.44 bits per heavy atom. The van der Waals surface area contributed by atoms with Crippen LogP contribution in [0.2, 0.25) is 0 Å². The Bertz CT molecular complexity index is 429. The van der Waals surface area contributed by atoms with E-state index in [4.69, 9.17) is 0 Å². The summed E-state index contributed by atoms with van der Waals surface area (Å²) < 4.78 is 27.3. The third-order valence-electron chi connectivity index (χ3n) is 2.87. The summed E-state index contributed by atoms with van der Waals surface area (Å²) in [6.07, 6.45) is 0. The van der Waals surface area contributed by atoms with E-state index in [1.807, 2.05) is 0 Å². The van der Waals surface area contributed by atoms with Gasteiger partial charge in [-0.15, -0.1) is 0 Å². The van der Waals surface area contributed by atoms with Gasteiger partial charge >= 0.3 is 0 Å². The number of allylic oxidation sites excluding steroid dienone is 2. The fourth-order valence-corrected chi connectivity index (χ4v) is 1.83. The molecule has 4 nitrogen and oxygen atoms in total. The predicted molar refractivity (Wildman–Crippen MR) is 49.9 cm³/mol. The average molecular weight is 226 g/mol. The number of halogens is 2. The molecule has 0 saturated carbocycles. The lowest BCUT2D eigenvalue weighted by atomic mass is 9.91. The highest BCUT2D eigenvalue weighted by Gasteiger charge is 2.46. The first-order valence-electron chi connectivity index (χ1n) is 4.96. The molecule has 16 heavy (non-hydrogen) atoms. The molecule has 2 fully saturated rings. The Kier molecular flexibility index (Phi) is 1.87. The van der Waals surface area contributed by atoms with Gasteiger partial charge in [-0.05, 0) is 0 Å². The van der Waals surface area contributed by atoms with Crippen LogP contribution >= 0.6 is 0 Å². The van der Waals surface area contributed by atoms with Crippen LogP contribution in [0.5, 0.6) is 0 Å². The zero-order valence-corrected chi connectivity index (χ0v) is 8.14. The van der Waals surface area contributed by atoms with Crippen LogP contribution in [-0.2, 0) is 9.59 Å². The Morgan fingerprint density at radius 1 is 0.875 bits per heavy atom. The highest BCUT2D eigenvalue weighted by atomic mass is 19.1. The van der Waals surface area contributed by atoms with Gasteiger partial charge in [0, 0.05) is 13.1 Å². The summed E-state index contributed by atoms with van der Waals surface area (Å²) in [6.45, 7) is 0.818. The zero-order valence-electron chi connectivity index (χ0n) is 8.14. The molecule has 0 radical (unpaired) electrons. The molecule has 2 atom stereocenters. The number of hydrogen-bond acceptors (Lipinski definition) is 4. The summed E-state index contributed by atoms with van der Waals surface area (Å²) in [6, 6.07) is -1.01. The maximum absolute atomic E-state index is 13.6. The van der Waals surface area contributed by atoms with E-state index < -0.39 is 35.3 Å². The largest absolute Gasteiger partial charge is 0.307 e. The van der Waals surface area contributed by atoms with Crippen LogP contribution in [0, 0.1) is 0 Å². The molecule has 1 aliphatic carbocycles. The van der Waals surface area contributed by atoms with Crippen molar-refractivity contribution in [2.75, 3.05) is 13.1 Å². The third-order valence-corrected chi connectivity index (χ3v) is 2.87. The first-order valence-corrected chi connectivity index (χ1v) is 4.96. The van der Waals surface area contributed by atoms with Crippen molar-refractivity contribution in [2.24, 2.45) is 0 Å². The smallest absolute Gasteiger partial charge is 0.222 e. The number of carbonyl (C=O) groups is 2.